The summed E-state index contributed by atoms with van der Waals surface area (Å²) in [5.74, 6) is -0.758. The predicted molar refractivity (Wildman–Crippen MR) is 125 cm³/mol. The van der Waals surface area contributed by atoms with Crippen molar-refractivity contribution in [2.75, 3.05) is 6.54 Å². The van der Waals surface area contributed by atoms with E-state index in [9.17, 15) is 19.2 Å². The van der Waals surface area contributed by atoms with Crippen molar-refractivity contribution in [2.24, 2.45) is 23.3 Å². The quantitative estimate of drug-likeness (QED) is 0.0328. The summed E-state index contributed by atoms with van der Waals surface area (Å²) in [5, 5.41) is 8.06. The molecule has 35 heavy (non-hydrogen) atoms. The zero-order valence-electron chi connectivity index (χ0n) is 20.8. The molecule has 204 valence electrons. The lowest BCUT2D eigenvalue weighted by Gasteiger charge is -2.25. The molecule has 0 aromatic heterocycles. The highest BCUT2D eigenvalue weighted by Gasteiger charge is 2.28. The van der Waals surface area contributed by atoms with Gasteiger partial charge in [-0.05, 0) is 37.5 Å². The second-order valence-corrected chi connectivity index (χ2v) is 9.57. The fourth-order valence-electron chi connectivity index (χ4n) is 2.94. The number of hydrogen-bond acceptors (Lipinski definition) is 8. The van der Waals surface area contributed by atoms with Crippen LogP contribution in [0.15, 0.2) is 0 Å². The first-order valence-electron chi connectivity index (χ1n) is 11.1. The van der Waals surface area contributed by atoms with Gasteiger partial charge in [0.25, 0.3) is 0 Å². The van der Waals surface area contributed by atoms with Crippen LogP contribution in [0.4, 0.5) is 0 Å². The Hall–Kier alpha value is -2.78. The molecule has 0 aromatic rings. The van der Waals surface area contributed by atoms with Gasteiger partial charge < -0.3 is 29.9 Å². The molecule has 0 radical (unpaired) electrons. The van der Waals surface area contributed by atoms with Gasteiger partial charge in [-0.25, -0.2) is 0 Å². The minimum atomic E-state index is -5.17. The van der Waals surface area contributed by atoms with Crippen LogP contribution in [0.25, 0.3) is 0 Å². The Morgan fingerprint density at radius 1 is 0.914 bits per heavy atom. The highest BCUT2D eigenvalue weighted by molar-refractivity contribution is 7.79. The van der Waals surface area contributed by atoms with Gasteiger partial charge in [0.2, 0.25) is 17.7 Å². The maximum Gasteiger partial charge on any atom is 0.338 e. The van der Waals surface area contributed by atoms with Crippen molar-refractivity contribution in [3.05, 3.63) is 0 Å². The van der Waals surface area contributed by atoms with Gasteiger partial charge in [-0.15, -0.1) is 0 Å². The first-order chi connectivity index (χ1) is 16.0. The molecule has 14 nitrogen and oxygen atoms in total. The fourth-order valence-corrected chi connectivity index (χ4v) is 2.94. The van der Waals surface area contributed by atoms with E-state index in [0.717, 1.165) is 0 Å². The van der Waals surface area contributed by atoms with Crippen LogP contribution >= 0.6 is 0 Å². The van der Waals surface area contributed by atoms with E-state index in [1.54, 1.807) is 0 Å². The Morgan fingerprint density at radius 2 is 1.34 bits per heavy atom. The molecular weight excluding hydrogens is 484 g/mol. The number of carbonyl (C=O) groups is 4. The molecule has 8 N–H and O–H groups in total. The minimum Gasteiger partial charge on any atom is -0.759 e. The largest absolute Gasteiger partial charge is 0.759 e. The number of guanidine groups is 1. The van der Waals surface area contributed by atoms with E-state index >= 15 is 0 Å². The maximum atomic E-state index is 12.8. The zero-order chi connectivity index (χ0) is 27.8. The van der Waals surface area contributed by atoms with Gasteiger partial charge in [0.1, 0.15) is 18.4 Å². The zero-order valence-corrected chi connectivity index (χ0v) is 21.6. The molecule has 0 fully saturated rings. The number of nitrogens with two attached hydrogens (primary N) is 2. The third-order valence-corrected chi connectivity index (χ3v) is 4.25. The van der Waals surface area contributed by atoms with Gasteiger partial charge in [-0.2, -0.15) is 0 Å². The normalized spacial score (nSPS) is 13.5. The van der Waals surface area contributed by atoms with Crippen LogP contribution in [0, 0.1) is 11.8 Å². The molecule has 0 aliphatic heterocycles. The van der Waals surface area contributed by atoms with Crippen molar-refractivity contribution in [3.8, 4) is 0 Å². The summed E-state index contributed by atoms with van der Waals surface area (Å²) < 4.78 is 34.1. The van der Waals surface area contributed by atoms with Crippen LogP contribution in [-0.4, -0.2) is 72.2 Å². The van der Waals surface area contributed by atoms with E-state index < -0.39 is 40.3 Å². The molecule has 3 amide bonds. The summed E-state index contributed by atoms with van der Waals surface area (Å²) in [6, 6.07) is -2.22. The van der Waals surface area contributed by atoms with Crippen LogP contribution in [0.2, 0.25) is 0 Å². The molecule has 0 spiro atoms. The molecule has 3 unspecified atom stereocenters. The SMILES string of the molecule is CC(=O)NC(CC(C)C)C(=O)NC(CC(C)C)C(=O)NC(C=O)CCC[NH+]=C(N)N.O=S(=O)([O-])[O-]. The second kappa shape index (κ2) is 17.6. The molecule has 0 rings (SSSR count). The Balaban J connectivity index is 0. The predicted octanol–water partition coefficient (Wildman–Crippen LogP) is -3.45. The van der Waals surface area contributed by atoms with Gasteiger partial charge >= 0.3 is 5.96 Å². The monoisotopic (exact) mass is 523 g/mol. The van der Waals surface area contributed by atoms with Gasteiger partial charge in [0, 0.05) is 17.3 Å². The van der Waals surface area contributed by atoms with Gasteiger partial charge in [-0.3, -0.25) is 39.3 Å². The average molecular weight is 524 g/mol. The van der Waals surface area contributed by atoms with Gasteiger partial charge in [0.15, 0.2) is 0 Å². The number of rotatable bonds is 14. The van der Waals surface area contributed by atoms with Crippen molar-refractivity contribution in [1.29, 1.82) is 0 Å². The van der Waals surface area contributed by atoms with Crippen LogP contribution < -0.4 is 32.4 Å². The Bertz CT molecular complexity index is 804. The average Bonchev–Trinajstić information content (AvgIpc) is 2.66. The lowest BCUT2D eigenvalue weighted by Crippen LogP contribution is -2.78. The van der Waals surface area contributed by atoms with Crippen molar-refractivity contribution in [2.45, 2.75) is 78.4 Å². The fraction of sp³-hybridized carbons (Fsp3) is 0.750. The Morgan fingerprint density at radius 3 is 1.71 bits per heavy atom. The molecule has 3 atom stereocenters. The number of nitrogens with one attached hydrogen (secondary N) is 4. The summed E-state index contributed by atoms with van der Waals surface area (Å²) in [6.45, 7) is 9.58. The van der Waals surface area contributed by atoms with Crippen LogP contribution in [0.1, 0.15) is 60.3 Å². The summed E-state index contributed by atoms with van der Waals surface area (Å²) >= 11 is 0. The van der Waals surface area contributed by atoms with Crippen molar-refractivity contribution in [3.63, 3.8) is 0 Å². The van der Waals surface area contributed by atoms with Crippen molar-refractivity contribution in [1.82, 2.24) is 16.0 Å². The third-order valence-electron chi connectivity index (χ3n) is 4.25. The van der Waals surface area contributed by atoms with Gasteiger partial charge in [0.05, 0.1) is 12.6 Å². The topological polar surface area (TPSA) is 251 Å². The summed E-state index contributed by atoms with van der Waals surface area (Å²) in [6.07, 6.45) is 2.49. The number of aldehydes is 1. The van der Waals surface area contributed by atoms with E-state index in [1.807, 2.05) is 27.7 Å². The summed E-state index contributed by atoms with van der Waals surface area (Å²) in [5.41, 5.74) is 10.6. The molecule has 0 saturated carbocycles. The third kappa shape index (κ3) is 22.8. The second-order valence-electron chi connectivity index (χ2n) is 8.76. The number of carbonyl (C=O) groups excluding carboxylic acids is 4. The first-order valence-corrected chi connectivity index (χ1v) is 12.4. The summed E-state index contributed by atoms with van der Waals surface area (Å²) in [7, 11) is -5.17. The van der Waals surface area contributed by atoms with Crippen LogP contribution in [-0.2, 0) is 29.6 Å². The molecule has 0 aromatic carbocycles. The number of hydrogen-bond donors (Lipinski definition) is 6. The van der Waals surface area contributed by atoms with E-state index in [1.165, 1.54) is 6.92 Å². The maximum absolute atomic E-state index is 12.8. The first kappa shape index (κ1) is 34.4. The van der Waals surface area contributed by atoms with E-state index in [-0.39, 0.29) is 23.7 Å². The van der Waals surface area contributed by atoms with E-state index in [4.69, 9.17) is 29.0 Å². The Labute approximate surface area is 206 Å². The molecule has 0 bridgehead atoms. The minimum absolute atomic E-state index is 0.0940. The highest BCUT2D eigenvalue weighted by Crippen LogP contribution is 2.09. The highest BCUT2D eigenvalue weighted by atomic mass is 32.3. The summed E-state index contributed by atoms with van der Waals surface area (Å²) in [4.78, 5) is 51.1. The molecular formula is C20H39N6O8S-. The van der Waals surface area contributed by atoms with Crippen molar-refractivity contribution >= 4 is 40.4 Å². The molecule has 0 aliphatic carbocycles. The van der Waals surface area contributed by atoms with Crippen LogP contribution in [0.3, 0.4) is 0 Å². The number of amides is 3. The molecule has 0 aliphatic rings. The molecule has 0 heterocycles. The van der Waals surface area contributed by atoms with E-state index in [0.29, 0.717) is 38.5 Å². The molecule has 0 saturated heterocycles. The Kier molecular flexibility index (Phi) is 17.3. The molecule has 15 heteroatoms. The van der Waals surface area contributed by atoms with Gasteiger partial charge in [-0.1, -0.05) is 27.7 Å². The lowest BCUT2D eigenvalue weighted by atomic mass is 9.99. The van der Waals surface area contributed by atoms with Crippen molar-refractivity contribution < 1.29 is 41.7 Å². The lowest BCUT2D eigenvalue weighted by molar-refractivity contribution is -0.459. The smallest absolute Gasteiger partial charge is 0.338 e. The van der Waals surface area contributed by atoms with Crippen LogP contribution in [0.5, 0.6) is 0 Å². The van der Waals surface area contributed by atoms with E-state index in [2.05, 4.69) is 20.9 Å². The standard InChI is InChI=1S/C20H38N6O4.H2O4S/c1-12(2)9-16(24-14(5)28)19(30)26-17(10-13(3)4)18(29)25-15(11-27)7-6-8-23-20(21)22;1-5(2,3)4/h11-13,15-17H,6-10H2,1-5H3,(H,24,28)(H,25,29)(H,26,30)(H4,21,22,23);(H2,1,2,3,4)/p-1.